The summed E-state index contributed by atoms with van der Waals surface area (Å²) in [4.78, 5) is 32.8. The molecular formula is C33H28FN5O3S. The number of nitrogens with zero attached hydrogens (tertiary/aromatic N) is 4. The number of hydrogen-bond acceptors (Lipinski definition) is 6. The van der Waals surface area contributed by atoms with E-state index < -0.39 is 0 Å². The summed E-state index contributed by atoms with van der Waals surface area (Å²) in [6.45, 7) is 0.0698. The van der Waals surface area contributed by atoms with Crippen molar-refractivity contribution in [2.75, 3.05) is 24.3 Å². The number of rotatable bonds is 8. The van der Waals surface area contributed by atoms with Crippen LogP contribution in [0.1, 0.15) is 21.9 Å². The Balaban J connectivity index is 1.51. The fraction of sp³-hybridized carbons (Fsp3) is 0.152. The molecule has 1 atom stereocenters. The molecule has 8 nitrogen and oxygen atoms in total. The van der Waals surface area contributed by atoms with E-state index in [1.54, 1.807) is 42.4 Å². The molecule has 0 aliphatic carbocycles. The number of carbonyl (C=O) groups excluding carboxylic acids is 2. The first kappa shape index (κ1) is 28.2. The van der Waals surface area contributed by atoms with Crippen molar-refractivity contribution < 1.29 is 18.7 Å². The van der Waals surface area contributed by atoms with Crippen molar-refractivity contribution in [1.29, 1.82) is 0 Å². The Kier molecular flexibility index (Phi) is 8.19. The lowest BCUT2D eigenvalue weighted by Crippen LogP contribution is -2.42. The number of aromatic nitrogens is 3. The lowest BCUT2D eigenvalue weighted by molar-refractivity contribution is -0.123. The Morgan fingerprint density at radius 3 is 2.49 bits per heavy atom. The fourth-order valence-electron chi connectivity index (χ4n) is 5.04. The van der Waals surface area contributed by atoms with E-state index >= 15 is 0 Å². The summed E-state index contributed by atoms with van der Waals surface area (Å²) in [6.07, 6.45) is 3.35. The highest BCUT2D eigenvalue weighted by atomic mass is 32.2. The Labute approximate surface area is 252 Å². The molecule has 0 saturated heterocycles. The van der Waals surface area contributed by atoms with Crippen LogP contribution < -0.4 is 15.0 Å². The number of benzene rings is 3. The van der Waals surface area contributed by atoms with Gasteiger partial charge in [0.25, 0.3) is 0 Å². The lowest BCUT2D eigenvalue weighted by Gasteiger charge is -2.23. The Morgan fingerprint density at radius 1 is 1.02 bits per heavy atom. The van der Waals surface area contributed by atoms with E-state index in [-0.39, 0.29) is 41.7 Å². The van der Waals surface area contributed by atoms with Crippen molar-refractivity contribution in [3.8, 4) is 22.7 Å². The molecule has 0 fully saturated rings. The average molecular weight is 594 g/mol. The number of pyridine rings is 1. The van der Waals surface area contributed by atoms with Gasteiger partial charge in [0.2, 0.25) is 11.8 Å². The van der Waals surface area contributed by atoms with Gasteiger partial charge in [-0.05, 0) is 53.6 Å². The van der Waals surface area contributed by atoms with Crippen LogP contribution in [0.3, 0.4) is 0 Å². The maximum atomic E-state index is 14.0. The van der Waals surface area contributed by atoms with Crippen LogP contribution in [-0.4, -0.2) is 46.0 Å². The topological polar surface area (TPSA) is 89.3 Å². The first-order valence-electron chi connectivity index (χ1n) is 13.7. The van der Waals surface area contributed by atoms with Crippen molar-refractivity contribution in [3.63, 3.8) is 0 Å². The summed E-state index contributed by atoms with van der Waals surface area (Å²) >= 11 is 1.43. The summed E-state index contributed by atoms with van der Waals surface area (Å²) in [5.41, 5.74) is 4.66. The lowest BCUT2D eigenvalue weighted by atomic mass is 9.99. The van der Waals surface area contributed by atoms with E-state index in [1.807, 2.05) is 60.7 Å². The first-order valence-corrected chi connectivity index (χ1v) is 14.7. The zero-order valence-electron chi connectivity index (χ0n) is 23.3. The number of thioether (sulfide) groups is 1. The molecule has 2 amide bonds. The molecule has 3 aromatic carbocycles. The van der Waals surface area contributed by atoms with Gasteiger partial charge in [0, 0.05) is 30.1 Å². The van der Waals surface area contributed by atoms with E-state index in [9.17, 15) is 14.0 Å². The van der Waals surface area contributed by atoms with Gasteiger partial charge in [-0.1, -0.05) is 48.5 Å². The Bertz CT molecular complexity index is 1730. The van der Waals surface area contributed by atoms with Crippen LogP contribution in [-0.2, 0) is 16.1 Å². The monoisotopic (exact) mass is 593 g/mol. The van der Waals surface area contributed by atoms with Crippen molar-refractivity contribution in [1.82, 2.24) is 20.1 Å². The third kappa shape index (κ3) is 6.00. The first-order chi connectivity index (χ1) is 21.0. The Morgan fingerprint density at radius 2 is 1.79 bits per heavy atom. The van der Waals surface area contributed by atoms with Crippen molar-refractivity contribution in [2.45, 2.75) is 11.8 Å². The Hall–Kier alpha value is -4.96. The van der Waals surface area contributed by atoms with Gasteiger partial charge in [-0.15, -0.1) is 11.8 Å². The van der Waals surface area contributed by atoms with E-state index in [2.05, 4.69) is 10.3 Å². The maximum absolute atomic E-state index is 14.0. The van der Waals surface area contributed by atoms with Crippen molar-refractivity contribution in [3.05, 3.63) is 126 Å². The normalized spacial score (nSPS) is 14.6. The molecule has 3 heterocycles. The van der Waals surface area contributed by atoms with E-state index in [0.717, 1.165) is 22.3 Å². The molecule has 43 heavy (non-hydrogen) atoms. The van der Waals surface area contributed by atoms with Crippen LogP contribution in [0.15, 0.2) is 103 Å². The molecule has 0 spiro atoms. The number of methoxy groups -OCH3 is 1. The van der Waals surface area contributed by atoms with Crippen LogP contribution >= 0.6 is 11.8 Å². The van der Waals surface area contributed by atoms with Gasteiger partial charge < -0.3 is 10.1 Å². The molecule has 1 unspecified atom stereocenters. The predicted octanol–water partition coefficient (Wildman–Crippen LogP) is 5.57. The maximum Gasteiger partial charge on any atom is 0.240 e. The van der Waals surface area contributed by atoms with Gasteiger partial charge in [0.1, 0.15) is 23.9 Å². The van der Waals surface area contributed by atoms with Gasteiger partial charge >= 0.3 is 0 Å². The fourth-order valence-corrected chi connectivity index (χ4v) is 6.23. The number of anilines is 1. The summed E-state index contributed by atoms with van der Waals surface area (Å²) in [5.74, 6) is 0.378. The molecule has 10 heteroatoms. The second-order valence-electron chi connectivity index (χ2n) is 9.92. The zero-order chi connectivity index (χ0) is 29.8. The minimum Gasteiger partial charge on any atom is -0.497 e. The molecular weight excluding hydrogens is 565 g/mol. The second-order valence-corrected chi connectivity index (χ2v) is 11.0. The summed E-state index contributed by atoms with van der Waals surface area (Å²) in [5, 5.41) is 7.62. The van der Waals surface area contributed by atoms with Crippen LogP contribution in [0.25, 0.3) is 16.9 Å². The molecule has 0 bridgehead atoms. The smallest absolute Gasteiger partial charge is 0.240 e. The molecule has 0 radical (unpaired) electrons. The van der Waals surface area contributed by atoms with Crippen molar-refractivity contribution >= 4 is 29.4 Å². The van der Waals surface area contributed by atoms with Gasteiger partial charge in [-0.2, -0.15) is 5.10 Å². The number of ether oxygens (including phenoxy) is 1. The molecule has 1 aliphatic heterocycles. The van der Waals surface area contributed by atoms with E-state index in [1.165, 1.54) is 28.8 Å². The third-order valence-electron chi connectivity index (χ3n) is 7.14. The van der Waals surface area contributed by atoms with Gasteiger partial charge in [0.05, 0.1) is 29.5 Å². The van der Waals surface area contributed by atoms with E-state index in [0.29, 0.717) is 22.9 Å². The summed E-state index contributed by atoms with van der Waals surface area (Å²) in [7, 11) is 1.59. The number of hydrogen-bond donors (Lipinski definition) is 1. The third-order valence-corrected chi connectivity index (χ3v) is 8.40. The minimum absolute atomic E-state index is 0.115. The van der Waals surface area contributed by atoms with Crippen LogP contribution in [0.4, 0.5) is 10.2 Å². The van der Waals surface area contributed by atoms with Crippen LogP contribution in [0.5, 0.6) is 5.75 Å². The van der Waals surface area contributed by atoms with Crippen LogP contribution in [0.2, 0.25) is 0 Å². The standard InChI is InChI=1S/C33H28FN5O3S/c1-42-27-15-13-26(14-16-27)39-33-30(31(37-39)23-7-3-2-4-8-23)32(24-9-11-25(34)12-10-24)43-21-29(41)38(33)20-28(40)36-19-22-6-5-17-35-18-22/h2-18,32H,19-21H2,1H3,(H,36,40). The van der Waals surface area contributed by atoms with Gasteiger partial charge in [-0.3, -0.25) is 19.5 Å². The van der Waals surface area contributed by atoms with Gasteiger partial charge in [0.15, 0.2) is 0 Å². The highest BCUT2D eigenvalue weighted by molar-refractivity contribution is 8.00. The molecule has 216 valence electrons. The van der Waals surface area contributed by atoms with Crippen LogP contribution in [0, 0.1) is 5.82 Å². The second kappa shape index (κ2) is 12.5. The zero-order valence-corrected chi connectivity index (χ0v) is 24.1. The molecule has 0 saturated carbocycles. The molecule has 6 rings (SSSR count). The highest BCUT2D eigenvalue weighted by Crippen LogP contribution is 2.48. The predicted molar refractivity (Wildman–Crippen MR) is 165 cm³/mol. The average Bonchev–Trinajstić information content (AvgIpc) is 3.38. The highest BCUT2D eigenvalue weighted by Gasteiger charge is 2.37. The molecule has 5 aromatic rings. The van der Waals surface area contributed by atoms with Crippen molar-refractivity contribution in [2.24, 2.45) is 0 Å². The number of carbonyl (C=O) groups is 2. The molecule has 2 aromatic heterocycles. The minimum atomic E-state index is -0.356. The molecule has 1 N–H and O–H groups in total. The largest absolute Gasteiger partial charge is 0.497 e. The van der Waals surface area contributed by atoms with E-state index in [4.69, 9.17) is 9.84 Å². The summed E-state index contributed by atoms with van der Waals surface area (Å²) in [6, 6.07) is 27.1. The quantitative estimate of drug-likeness (QED) is 0.253. The number of amides is 2. The number of fused-ring (bicyclic) bond motifs is 1. The number of halogens is 1. The molecule has 1 aliphatic rings. The van der Waals surface area contributed by atoms with Gasteiger partial charge in [-0.25, -0.2) is 9.07 Å². The summed E-state index contributed by atoms with van der Waals surface area (Å²) < 4.78 is 21.1. The number of nitrogens with one attached hydrogen (secondary N) is 1. The SMILES string of the molecule is COc1ccc(-n2nc(-c3ccccc3)c3c2N(CC(=O)NCc2cccnc2)C(=O)CSC3c2ccc(F)cc2)cc1.